The maximum Gasteiger partial charge on any atom is 0.117 e. The quantitative estimate of drug-likeness (QED) is 0.879. The molecule has 0 unspecified atom stereocenters. The van der Waals surface area contributed by atoms with Crippen LogP contribution in [0.25, 0.3) is 0 Å². The summed E-state index contributed by atoms with van der Waals surface area (Å²) in [5.41, 5.74) is 1.20. The standard InChI is InChI=1S/C17H24ClN3/c1-13-5-4-8-17(11-13)16(19-9-10-21-17)20-12-14-6-2-3-7-15(14)18/h2-3,6-7,13,21H,4-5,8-12H2,1H3,(H,19,20)/t13-,17+/m0/s1. The SMILES string of the molecule is C[C@H]1CCC[C@]2(C1)NCCN=C2NCc1ccccc1Cl. The zero-order chi connectivity index (χ0) is 14.7. The van der Waals surface area contributed by atoms with Crippen LogP contribution >= 0.6 is 11.6 Å². The molecule has 3 nitrogen and oxygen atoms in total. The van der Waals surface area contributed by atoms with Crippen LogP contribution in [0.1, 0.15) is 38.2 Å². The molecule has 0 aromatic heterocycles. The Labute approximate surface area is 132 Å². The minimum Gasteiger partial charge on any atom is -0.368 e. The third-order valence-electron chi connectivity index (χ3n) is 4.70. The maximum atomic E-state index is 6.25. The molecule has 1 heterocycles. The van der Waals surface area contributed by atoms with Gasteiger partial charge in [-0.1, -0.05) is 49.6 Å². The highest BCUT2D eigenvalue weighted by atomic mass is 35.5. The molecule has 1 spiro atoms. The molecule has 2 atom stereocenters. The van der Waals surface area contributed by atoms with Gasteiger partial charge in [0.2, 0.25) is 0 Å². The summed E-state index contributed by atoms with van der Waals surface area (Å²) in [5.74, 6) is 1.90. The molecule has 3 rings (SSSR count). The first-order valence-corrected chi connectivity index (χ1v) is 8.35. The molecular formula is C17H24ClN3. The van der Waals surface area contributed by atoms with Gasteiger partial charge in [-0.3, -0.25) is 4.99 Å². The molecule has 1 aromatic carbocycles. The fraction of sp³-hybridized carbons (Fsp3) is 0.588. The molecule has 0 saturated heterocycles. The van der Waals surface area contributed by atoms with Gasteiger partial charge in [-0.05, 0) is 30.4 Å². The number of rotatable bonds is 2. The van der Waals surface area contributed by atoms with Crippen molar-refractivity contribution >= 4 is 17.4 Å². The summed E-state index contributed by atoms with van der Waals surface area (Å²) in [6.45, 7) is 4.95. The Kier molecular flexibility index (Phi) is 4.51. The highest BCUT2D eigenvalue weighted by molar-refractivity contribution is 6.31. The average Bonchev–Trinajstić information content (AvgIpc) is 2.48. The van der Waals surface area contributed by atoms with Gasteiger partial charge in [-0.15, -0.1) is 0 Å². The van der Waals surface area contributed by atoms with E-state index in [0.717, 1.165) is 42.0 Å². The van der Waals surface area contributed by atoms with Crippen molar-refractivity contribution in [3.63, 3.8) is 0 Å². The third kappa shape index (κ3) is 3.24. The molecular weight excluding hydrogens is 282 g/mol. The Morgan fingerprint density at radius 2 is 2.29 bits per heavy atom. The summed E-state index contributed by atoms with van der Waals surface area (Å²) in [5, 5.41) is 8.12. The van der Waals surface area contributed by atoms with Crippen LogP contribution in [-0.2, 0) is 6.54 Å². The van der Waals surface area contributed by atoms with Gasteiger partial charge in [0, 0.05) is 18.1 Å². The van der Waals surface area contributed by atoms with Crippen LogP contribution in [0.5, 0.6) is 0 Å². The lowest BCUT2D eigenvalue weighted by molar-refractivity contribution is 0.243. The summed E-state index contributed by atoms with van der Waals surface area (Å²) >= 11 is 6.25. The van der Waals surface area contributed by atoms with Crippen LogP contribution in [0.15, 0.2) is 29.3 Å². The lowest BCUT2D eigenvalue weighted by Crippen LogP contribution is -2.61. The van der Waals surface area contributed by atoms with Gasteiger partial charge >= 0.3 is 0 Å². The van der Waals surface area contributed by atoms with Crippen LogP contribution in [0.4, 0.5) is 0 Å². The molecule has 1 saturated carbocycles. The van der Waals surface area contributed by atoms with E-state index in [1.807, 2.05) is 18.2 Å². The average molecular weight is 306 g/mol. The number of nitrogens with zero attached hydrogens (tertiary/aromatic N) is 1. The number of benzene rings is 1. The van der Waals surface area contributed by atoms with E-state index >= 15 is 0 Å². The van der Waals surface area contributed by atoms with Crippen molar-refractivity contribution in [1.82, 2.24) is 10.6 Å². The van der Waals surface area contributed by atoms with Gasteiger partial charge in [0.15, 0.2) is 0 Å². The summed E-state index contributed by atoms with van der Waals surface area (Å²) in [6.07, 6.45) is 4.98. The Balaban J connectivity index is 1.73. The summed E-state index contributed by atoms with van der Waals surface area (Å²) in [7, 11) is 0. The van der Waals surface area contributed by atoms with Gasteiger partial charge in [0.25, 0.3) is 0 Å². The topological polar surface area (TPSA) is 36.4 Å². The molecule has 1 aliphatic carbocycles. The second-order valence-corrected chi connectivity index (χ2v) is 6.79. The largest absolute Gasteiger partial charge is 0.368 e. The molecule has 1 aromatic rings. The van der Waals surface area contributed by atoms with Gasteiger partial charge < -0.3 is 10.6 Å². The lowest BCUT2D eigenvalue weighted by atomic mass is 9.75. The van der Waals surface area contributed by atoms with Crippen LogP contribution in [0.2, 0.25) is 5.02 Å². The van der Waals surface area contributed by atoms with Crippen molar-refractivity contribution in [2.45, 2.75) is 44.7 Å². The Morgan fingerprint density at radius 1 is 1.43 bits per heavy atom. The smallest absolute Gasteiger partial charge is 0.117 e. The molecule has 2 N–H and O–H groups in total. The number of hydrogen-bond acceptors (Lipinski definition) is 3. The van der Waals surface area contributed by atoms with Crippen molar-refractivity contribution in [2.24, 2.45) is 10.9 Å². The van der Waals surface area contributed by atoms with E-state index in [2.05, 4.69) is 23.6 Å². The number of halogens is 1. The predicted molar refractivity (Wildman–Crippen MR) is 89.0 cm³/mol. The van der Waals surface area contributed by atoms with Gasteiger partial charge in [0.1, 0.15) is 5.84 Å². The minimum absolute atomic E-state index is 0.0666. The maximum absolute atomic E-state index is 6.25. The van der Waals surface area contributed by atoms with Gasteiger partial charge in [-0.2, -0.15) is 0 Å². The van der Waals surface area contributed by atoms with E-state index in [4.69, 9.17) is 16.6 Å². The van der Waals surface area contributed by atoms with Crippen LogP contribution < -0.4 is 10.6 Å². The monoisotopic (exact) mass is 305 g/mol. The minimum atomic E-state index is 0.0666. The highest BCUT2D eigenvalue weighted by Crippen LogP contribution is 2.34. The number of aliphatic imine (C=N–C) groups is 1. The van der Waals surface area contributed by atoms with Crippen molar-refractivity contribution in [1.29, 1.82) is 0 Å². The molecule has 1 fully saturated rings. The highest BCUT2D eigenvalue weighted by Gasteiger charge is 2.40. The van der Waals surface area contributed by atoms with E-state index in [1.165, 1.54) is 25.7 Å². The second kappa shape index (κ2) is 6.37. The Bertz CT molecular complexity index is 529. The fourth-order valence-electron chi connectivity index (χ4n) is 3.67. The molecule has 21 heavy (non-hydrogen) atoms. The van der Waals surface area contributed by atoms with E-state index in [1.54, 1.807) is 0 Å². The normalized spacial score (nSPS) is 29.2. The lowest BCUT2D eigenvalue weighted by Gasteiger charge is -2.44. The molecule has 4 heteroatoms. The van der Waals surface area contributed by atoms with Crippen molar-refractivity contribution in [2.75, 3.05) is 13.1 Å². The molecule has 0 amide bonds. The first-order chi connectivity index (χ1) is 10.2. The summed E-state index contributed by atoms with van der Waals surface area (Å²) < 4.78 is 0. The van der Waals surface area contributed by atoms with Crippen molar-refractivity contribution < 1.29 is 0 Å². The van der Waals surface area contributed by atoms with Crippen molar-refractivity contribution in [3.8, 4) is 0 Å². The van der Waals surface area contributed by atoms with Crippen LogP contribution in [-0.4, -0.2) is 24.5 Å². The fourth-order valence-corrected chi connectivity index (χ4v) is 3.87. The zero-order valence-corrected chi connectivity index (χ0v) is 13.4. The van der Waals surface area contributed by atoms with E-state index in [-0.39, 0.29) is 5.54 Å². The van der Waals surface area contributed by atoms with Crippen molar-refractivity contribution in [3.05, 3.63) is 34.9 Å². The van der Waals surface area contributed by atoms with E-state index in [0.29, 0.717) is 0 Å². The first kappa shape index (κ1) is 14.9. The molecule has 0 bridgehead atoms. The van der Waals surface area contributed by atoms with E-state index in [9.17, 15) is 0 Å². The van der Waals surface area contributed by atoms with Gasteiger partial charge in [-0.25, -0.2) is 0 Å². The molecule has 114 valence electrons. The molecule has 1 aliphatic heterocycles. The first-order valence-electron chi connectivity index (χ1n) is 7.97. The Hall–Kier alpha value is -1.06. The predicted octanol–water partition coefficient (Wildman–Crippen LogP) is 3.38. The number of amidine groups is 1. The van der Waals surface area contributed by atoms with E-state index < -0.39 is 0 Å². The van der Waals surface area contributed by atoms with Gasteiger partial charge in [0.05, 0.1) is 12.1 Å². The van der Waals surface area contributed by atoms with Crippen LogP contribution in [0.3, 0.4) is 0 Å². The Morgan fingerprint density at radius 3 is 3.10 bits per heavy atom. The number of hydrogen-bond donors (Lipinski definition) is 2. The third-order valence-corrected chi connectivity index (χ3v) is 5.07. The molecule has 0 radical (unpaired) electrons. The summed E-state index contributed by atoms with van der Waals surface area (Å²) in [4.78, 5) is 4.79. The number of nitrogens with one attached hydrogen (secondary N) is 2. The second-order valence-electron chi connectivity index (χ2n) is 6.39. The molecule has 2 aliphatic rings. The zero-order valence-electron chi connectivity index (χ0n) is 12.7. The summed E-state index contributed by atoms with van der Waals surface area (Å²) in [6, 6.07) is 8.01. The van der Waals surface area contributed by atoms with Crippen LogP contribution in [0, 0.1) is 5.92 Å².